The summed E-state index contributed by atoms with van der Waals surface area (Å²) in [7, 11) is 1.51. The molecule has 3 rings (SSSR count). The maximum atomic E-state index is 12.0. The first-order valence-corrected chi connectivity index (χ1v) is 11.5. The predicted molar refractivity (Wildman–Crippen MR) is 136 cm³/mol. The molecule has 0 aliphatic carbocycles. The van der Waals surface area contributed by atoms with Gasteiger partial charge in [0.05, 0.1) is 29.3 Å². The Bertz CT molecular complexity index is 1190. The molecule has 0 spiro atoms. The molecule has 0 fully saturated rings. The Morgan fingerprint density at radius 2 is 1.82 bits per heavy atom. The third kappa shape index (κ3) is 7.29. The fourth-order valence-corrected chi connectivity index (χ4v) is 3.63. The van der Waals surface area contributed by atoms with Gasteiger partial charge in [-0.05, 0) is 75.6 Å². The number of non-ortho nitro benzene ring substituents is 1. The number of nitro groups is 1. The molecule has 176 valence electrons. The fourth-order valence-electron chi connectivity index (χ4n) is 2.79. The normalized spacial score (nSPS) is 10.7. The van der Waals surface area contributed by atoms with Crippen molar-refractivity contribution in [2.24, 2.45) is 5.10 Å². The molecule has 0 aliphatic rings. The second-order valence-electron chi connectivity index (χ2n) is 6.90. The zero-order valence-corrected chi connectivity index (χ0v) is 21.1. The molecule has 0 saturated carbocycles. The van der Waals surface area contributed by atoms with Crippen molar-refractivity contribution in [2.75, 3.05) is 19.0 Å². The zero-order valence-electron chi connectivity index (χ0n) is 18.0. The molecule has 34 heavy (non-hydrogen) atoms. The van der Waals surface area contributed by atoms with Crippen LogP contribution in [0, 0.1) is 10.1 Å². The van der Waals surface area contributed by atoms with E-state index in [1.165, 1.54) is 25.5 Å². The van der Waals surface area contributed by atoms with Crippen LogP contribution in [0.15, 0.2) is 74.7 Å². The smallest absolute Gasteiger partial charge is 0.269 e. The number of nitrogens with one attached hydrogen (secondary N) is 2. The van der Waals surface area contributed by atoms with Crippen LogP contribution in [0.25, 0.3) is 0 Å². The van der Waals surface area contributed by atoms with Crippen LogP contribution in [0.4, 0.5) is 11.4 Å². The Balaban J connectivity index is 1.57. The molecule has 0 bridgehead atoms. The maximum absolute atomic E-state index is 12.0. The number of nitrogens with zero attached hydrogens (tertiary/aromatic N) is 2. The minimum Gasteiger partial charge on any atom is -0.493 e. The summed E-state index contributed by atoms with van der Waals surface area (Å²) in [6.45, 7) is 0.267. The molecule has 3 aromatic carbocycles. The summed E-state index contributed by atoms with van der Waals surface area (Å²) in [5.41, 5.74) is 4.74. The number of benzene rings is 3. The van der Waals surface area contributed by atoms with Crippen LogP contribution >= 0.6 is 31.9 Å². The topological polar surface area (TPSA) is 115 Å². The van der Waals surface area contributed by atoms with Crippen LogP contribution in [0.2, 0.25) is 0 Å². The number of hydrogen-bond acceptors (Lipinski definition) is 7. The van der Waals surface area contributed by atoms with Gasteiger partial charge in [-0.3, -0.25) is 14.9 Å². The quantitative estimate of drug-likeness (QED) is 0.189. The lowest BCUT2D eigenvalue weighted by Gasteiger charge is -2.13. The van der Waals surface area contributed by atoms with Gasteiger partial charge in [0.2, 0.25) is 0 Å². The van der Waals surface area contributed by atoms with E-state index in [2.05, 4.69) is 47.7 Å². The average Bonchev–Trinajstić information content (AvgIpc) is 2.83. The minimum atomic E-state index is -0.452. The monoisotopic (exact) mass is 590 g/mol. The van der Waals surface area contributed by atoms with Crippen molar-refractivity contribution in [2.45, 2.75) is 6.61 Å². The molecule has 0 aliphatic heterocycles. The summed E-state index contributed by atoms with van der Waals surface area (Å²) in [6.07, 6.45) is 1.49. The number of halogens is 2. The number of anilines is 1. The molecule has 0 aromatic heterocycles. The van der Waals surface area contributed by atoms with Gasteiger partial charge in [-0.25, -0.2) is 5.43 Å². The lowest BCUT2D eigenvalue weighted by molar-refractivity contribution is -0.384. The highest BCUT2D eigenvalue weighted by Gasteiger charge is 2.12. The van der Waals surface area contributed by atoms with Crippen LogP contribution in [0.5, 0.6) is 11.5 Å². The number of carbonyl (C=O) groups is 1. The molecule has 11 heteroatoms. The van der Waals surface area contributed by atoms with Gasteiger partial charge < -0.3 is 14.8 Å². The van der Waals surface area contributed by atoms with Gasteiger partial charge in [-0.2, -0.15) is 5.10 Å². The Morgan fingerprint density at radius 3 is 2.47 bits per heavy atom. The predicted octanol–water partition coefficient (Wildman–Crippen LogP) is 5.27. The fraction of sp³-hybridized carbons (Fsp3) is 0.130. The van der Waals surface area contributed by atoms with Crippen molar-refractivity contribution in [3.05, 3.63) is 90.9 Å². The van der Waals surface area contributed by atoms with E-state index in [4.69, 9.17) is 9.47 Å². The van der Waals surface area contributed by atoms with E-state index >= 15 is 0 Å². The van der Waals surface area contributed by atoms with Crippen molar-refractivity contribution in [3.8, 4) is 11.5 Å². The third-order valence-corrected chi connectivity index (χ3v) is 5.60. The van der Waals surface area contributed by atoms with Gasteiger partial charge >= 0.3 is 0 Å². The highest BCUT2D eigenvalue weighted by atomic mass is 79.9. The number of methoxy groups -OCH3 is 1. The number of nitro benzene ring substituents is 1. The molecular formula is C23H20Br2N4O5. The third-order valence-electron chi connectivity index (χ3n) is 4.48. The van der Waals surface area contributed by atoms with E-state index in [-0.39, 0.29) is 24.7 Å². The zero-order chi connectivity index (χ0) is 24.5. The maximum Gasteiger partial charge on any atom is 0.269 e. The summed E-state index contributed by atoms with van der Waals surface area (Å²) in [6, 6.07) is 17.1. The van der Waals surface area contributed by atoms with Gasteiger partial charge in [0.25, 0.3) is 11.6 Å². The minimum absolute atomic E-state index is 0.0161. The van der Waals surface area contributed by atoms with E-state index in [9.17, 15) is 14.9 Å². The number of carbonyl (C=O) groups excluding carboxylic acids is 1. The first-order valence-electron chi connectivity index (χ1n) is 9.90. The summed E-state index contributed by atoms with van der Waals surface area (Å²) >= 11 is 6.82. The van der Waals surface area contributed by atoms with Gasteiger partial charge in [-0.1, -0.05) is 15.9 Å². The van der Waals surface area contributed by atoms with Crippen LogP contribution in [0.3, 0.4) is 0 Å². The van der Waals surface area contributed by atoms with E-state index in [0.29, 0.717) is 21.5 Å². The second-order valence-corrected chi connectivity index (χ2v) is 8.67. The first-order chi connectivity index (χ1) is 16.4. The number of ether oxygens (including phenoxy) is 2. The van der Waals surface area contributed by atoms with Crippen LogP contribution < -0.4 is 20.2 Å². The van der Waals surface area contributed by atoms with Crippen molar-refractivity contribution in [1.82, 2.24) is 5.43 Å². The van der Waals surface area contributed by atoms with Crippen LogP contribution in [-0.4, -0.2) is 30.7 Å². The summed E-state index contributed by atoms with van der Waals surface area (Å²) in [5, 5.41) is 17.8. The number of rotatable bonds is 10. The van der Waals surface area contributed by atoms with Crippen LogP contribution in [-0.2, 0) is 11.4 Å². The lowest BCUT2D eigenvalue weighted by Crippen LogP contribution is -2.25. The molecule has 3 aromatic rings. The Hall–Kier alpha value is -3.44. The average molecular weight is 592 g/mol. The summed E-state index contributed by atoms with van der Waals surface area (Å²) < 4.78 is 12.9. The van der Waals surface area contributed by atoms with Crippen molar-refractivity contribution in [1.29, 1.82) is 0 Å². The van der Waals surface area contributed by atoms with Crippen molar-refractivity contribution in [3.63, 3.8) is 0 Å². The first kappa shape index (κ1) is 25.2. The molecule has 0 saturated heterocycles. The van der Waals surface area contributed by atoms with Crippen molar-refractivity contribution >= 4 is 55.4 Å². The van der Waals surface area contributed by atoms with Crippen LogP contribution in [0.1, 0.15) is 11.1 Å². The number of hydrazone groups is 1. The largest absolute Gasteiger partial charge is 0.493 e. The molecule has 2 N–H and O–H groups in total. The molecular weight excluding hydrogens is 572 g/mol. The Kier molecular flexibility index (Phi) is 9.00. The molecule has 0 atom stereocenters. The van der Waals surface area contributed by atoms with Gasteiger partial charge in [-0.15, -0.1) is 0 Å². The summed E-state index contributed by atoms with van der Waals surface area (Å²) in [4.78, 5) is 22.3. The standard InChI is InChI=1S/C23H20Br2N4O5/c1-33-21-11-16(12-27-28-22(30)13-26-18-6-4-17(24)5-7-18)10-20(25)23(21)34-14-15-2-8-19(9-3-15)29(31)32/h2-12,26H,13-14H2,1H3,(H,28,30)/b27-12-. The highest BCUT2D eigenvalue weighted by Crippen LogP contribution is 2.37. The number of hydrogen-bond donors (Lipinski definition) is 2. The Morgan fingerprint density at radius 1 is 1.12 bits per heavy atom. The molecule has 9 nitrogen and oxygen atoms in total. The lowest BCUT2D eigenvalue weighted by atomic mass is 10.2. The highest BCUT2D eigenvalue weighted by molar-refractivity contribution is 9.10. The SMILES string of the molecule is COc1cc(/C=N\NC(=O)CNc2ccc(Br)cc2)cc(Br)c1OCc1ccc([N+](=O)[O-])cc1. The summed E-state index contributed by atoms with van der Waals surface area (Å²) in [5.74, 6) is 0.634. The molecule has 0 unspecified atom stereocenters. The number of amides is 1. The van der Waals surface area contributed by atoms with Crippen molar-refractivity contribution < 1.29 is 19.2 Å². The Labute approximate surface area is 212 Å². The van der Waals surface area contributed by atoms with E-state index < -0.39 is 4.92 Å². The van der Waals surface area contributed by atoms with Gasteiger partial charge in [0, 0.05) is 22.3 Å². The van der Waals surface area contributed by atoms with E-state index in [0.717, 1.165) is 15.7 Å². The van der Waals surface area contributed by atoms with Gasteiger partial charge in [0.1, 0.15) is 6.61 Å². The molecule has 1 amide bonds. The molecule has 0 heterocycles. The van der Waals surface area contributed by atoms with Gasteiger partial charge in [0.15, 0.2) is 11.5 Å². The van der Waals surface area contributed by atoms with E-state index in [1.807, 2.05) is 24.3 Å². The molecule has 0 radical (unpaired) electrons. The second kappa shape index (κ2) is 12.1. The van der Waals surface area contributed by atoms with E-state index in [1.54, 1.807) is 24.3 Å².